The molecule has 0 saturated heterocycles. The summed E-state index contributed by atoms with van der Waals surface area (Å²) in [4.78, 5) is 8.71. The van der Waals surface area contributed by atoms with E-state index in [1.54, 1.807) is 26.6 Å². The van der Waals surface area contributed by atoms with Crippen LogP contribution in [0.5, 0.6) is 11.5 Å². The summed E-state index contributed by atoms with van der Waals surface area (Å²) >= 11 is 0. The van der Waals surface area contributed by atoms with Crippen LogP contribution >= 0.6 is 0 Å². The van der Waals surface area contributed by atoms with Gasteiger partial charge >= 0.3 is 0 Å². The summed E-state index contributed by atoms with van der Waals surface area (Å²) < 4.78 is 22.0. The first-order valence-electron chi connectivity index (χ1n) is 8.93. The van der Waals surface area contributed by atoms with Gasteiger partial charge in [0, 0.05) is 24.0 Å². The summed E-state index contributed by atoms with van der Waals surface area (Å²) in [6.07, 6.45) is 4.68. The molecule has 4 aromatic rings. The highest BCUT2D eigenvalue weighted by Gasteiger charge is 2.11. The molecule has 0 fully saturated rings. The lowest BCUT2D eigenvalue weighted by Gasteiger charge is -2.00. The Morgan fingerprint density at radius 2 is 1.04 bits per heavy atom. The lowest BCUT2D eigenvalue weighted by molar-refractivity contribution is 0.414. The highest BCUT2D eigenvalue weighted by molar-refractivity contribution is 5.58. The van der Waals surface area contributed by atoms with Gasteiger partial charge in [0.1, 0.15) is 11.5 Å². The molecular weight excluding hydrogens is 356 g/mol. The van der Waals surface area contributed by atoms with Gasteiger partial charge in [-0.1, -0.05) is 0 Å². The maximum atomic E-state index is 5.85. The third kappa shape index (κ3) is 3.91. The first-order valence-corrected chi connectivity index (χ1v) is 8.93. The van der Waals surface area contributed by atoms with Crippen molar-refractivity contribution in [3.8, 4) is 34.1 Å². The predicted octanol–water partition coefficient (Wildman–Crippen LogP) is 4.80. The zero-order valence-corrected chi connectivity index (χ0v) is 15.7. The van der Waals surface area contributed by atoms with Crippen LogP contribution in [0.4, 0.5) is 0 Å². The van der Waals surface area contributed by atoms with Crippen LogP contribution in [0.2, 0.25) is 0 Å². The lowest BCUT2D eigenvalue weighted by atomic mass is 10.2. The molecule has 0 amide bonds. The number of benzene rings is 2. The summed E-state index contributed by atoms with van der Waals surface area (Å²) in [5.74, 6) is 4.36. The normalized spacial score (nSPS) is 10.8. The Kier molecular flexibility index (Phi) is 5.10. The molecule has 2 aromatic heterocycles. The molecule has 2 heterocycles. The SMILES string of the molecule is COc1ccc(-c2cnc(CCc3ncc(-c4ccc(OC)cc4)o3)o2)cc1. The van der Waals surface area contributed by atoms with E-state index in [0.29, 0.717) is 24.6 Å². The standard InChI is InChI=1S/C22H20N2O4/c1-25-17-7-3-15(4-8-17)19-13-23-21(27-19)11-12-22-24-14-20(28-22)16-5-9-18(26-2)10-6-16/h3-10,13-14H,11-12H2,1-2H3. The molecule has 0 unspecified atom stereocenters. The molecule has 6 heteroatoms. The van der Waals surface area contributed by atoms with Crippen molar-refractivity contribution in [2.24, 2.45) is 0 Å². The van der Waals surface area contributed by atoms with Gasteiger partial charge in [0.05, 0.1) is 26.6 Å². The van der Waals surface area contributed by atoms with Gasteiger partial charge in [0.15, 0.2) is 23.3 Å². The van der Waals surface area contributed by atoms with Crippen LogP contribution in [0.3, 0.4) is 0 Å². The highest BCUT2D eigenvalue weighted by atomic mass is 16.5. The van der Waals surface area contributed by atoms with Crippen molar-refractivity contribution in [1.82, 2.24) is 9.97 Å². The molecular formula is C22H20N2O4. The molecule has 4 rings (SSSR count). The maximum Gasteiger partial charge on any atom is 0.195 e. The second-order valence-electron chi connectivity index (χ2n) is 6.19. The molecule has 0 spiro atoms. The van der Waals surface area contributed by atoms with Crippen LogP contribution in [-0.2, 0) is 12.8 Å². The Bertz CT molecular complexity index is 947. The first kappa shape index (κ1) is 17.9. The van der Waals surface area contributed by atoms with Crippen LogP contribution in [0.1, 0.15) is 11.8 Å². The van der Waals surface area contributed by atoms with E-state index in [9.17, 15) is 0 Å². The van der Waals surface area contributed by atoms with Crippen LogP contribution < -0.4 is 9.47 Å². The third-order valence-corrected chi connectivity index (χ3v) is 4.41. The smallest absolute Gasteiger partial charge is 0.195 e. The number of rotatable bonds is 7. The molecule has 0 aliphatic heterocycles. The molecule has 142 valence electrons. The fraction of sp³-hybridized carbons (Fsp3) is 0.182. The van der Waals surface area contributed by atoms with Gasteiger partial charge in [-0.05, 0) is 48.5 Å². The van der Waals surface area contributed by atoms with E-state index >= 15 is 0 Å². The van der Waals surface area contributed by atoms with E-state index in [1.807, 2.05) is 48.5 Å². The minimum absolute atomic E-state index is 0.610. The average Bonchev–Trinajstić information content (AvgIpc) is 3.42. The number of methoxy groups -OCH3 is 2. The third-order valence-electron chi connectivity index (χ3n) is 4.41. The van der Waals surface area contributed by atoms with Gasteiger partial charge in [-0.15, -0.1) is 0 Å². The monoisotopic (exact) mass is 376 g/mol. The van der Waals surface area contributed by atoms with Crippen molar-refractivity contribution in [3.05, 3.63) is 72.7 Å². The van der Waals surface area contributed by atoms with E-state index in [4.69, 9.17) is 18.3 Å². The predicted molar refractivity (Wildman–Crippen MR) is 104 cm³/mol. The van der Waals surface area contributed by atoms with Gasteiger partial charge in [0.25, 0.3) is 0 Å². The fourth-order valence-electron chi connectivity index (χ4n) is 2.84. The Labute approximate surface area is 162 Å². The molecule has 28 heavy (non-hydrogen) atoms. The largest absolute Gasteiger partial charge is 0.497 e. The zero-order valence-electron chi connectivity index (χ0n) is 15.7. The van der Waals surface area contributed by atoms with Crippen molar-refractivity contribution < 1.29 is 18.3 Å². The topological polar surface area (TPSA) is 70.5 Å². The van der Waals surface area contributed by atoms with Crippen molar-refractivity contribution >= 4 is 0 Å². The lowest BCUT2D eigenvalue weighted by Crippen LogP contribution is -1.91. The number of aryl methyl sites for hydroxylation is 2. The summed E-state index contributed by atoms with van der Waals surface area (Å²) in [7, 11) is 3.29. The number of hydrogen-bond donors (Lipinski definition) is 0. The molecule has 6 nitrogen and oxygen atoms in total. The number of ether oxygens (including phenoxy) is 2. The van der Waals surface area contributed by atoms with E-state index < -0.39 is 0 Å². The summed E-state index contributed by atoms with van der Waals surface area (Å²) in [5, 5.41) is 0. The maximum absolute atomic E-state index is 5.85. The number of aromatic nitrogens is 2. The molecule has 0 aliphatic carbocycles. The van der Waals surface area contributed by atoms with Crippen LogP contribution in [-0.4, -0.2) is 24.2 Å². The molecule has 0 bridgehead atoms. The minimum atomic E-state index is 0.610. The second-order valence-corrected chi connectivity index (χ2v) is 6.19. The van der Waals surface area contributed by atoms with Crippen molar-refractivity contribution in [2.45, 2.75) is 12.8 Å². The van der Waals surface area contributed by atoms with Crippen molar-refractivity contribution in [1.29, 1.82) is 0 Å². The Balaban J connectivity index is 1.39. The molecule has 2 aromatic carbocycles. The average molecular weight is 376 g/mol. The van der Waals surface area contributed by atoms with E-state index in [1.165, 1.54) is 0 Å². The van der Waals surface area contributed by atoms with E-state index in [0.717, 1.165) is 34.1 Å². The second kappa shape index (κ2) is 8.00. The van der Waals surface area contributed by atoms with Crippen LogP contribution in [0, 0.1) is 0 Å². The van der Waals surface area contributed by atoms with E-state index in [2.05, 4.69) is 9.97 Å². The van der Waals surface area contributed by atoms with Gasteiger partial charge in [-0.3, -0.25) is 0 Å². The van der Waals surface area contributed by atoms with E-state index in [-0.39, 0.29) is 0 Å². The quantitative estimate of drug-likeness (QED) is 0.461. The summed E-state index contributed by atoms with van der Waals surface area (Å²) in [5.41, 5.74) is 1.91. The Morgan fingerprint density at radius 3 is 1.39 bits per heavy atom. The van der Waals surface area contributed by atoms with Gasteiger partial charge in [-0.2, -0.15) is 0 Å². The molecule has 0 saturated carbocycles. The minimum Gasteiger partial charge on any atom is -0.497 e. The van der Waals surface area contributed by atoms with Crippen molar-refractivity contribution in [2.75, 3.05) is 14.2 Å². The van der Waals surface area contributed by atoms with Gasteiger partial charge < -0.3 is 18.3 Å². The number of hydrogen-bond acceptors (Lipinski definition) is 6. The highest BCUT2D eigenvalue weighted by Crippen LogP contribution is 2.25. The zero-order chi connectivity index (χ0) is 19.3. The molecule has 0 radical (unpaired) electrons. The summed E-state index contributed by atoms with van der Waals surface area (Å²) in [6.45, 7) is 0. The van der Waals surface area contributed by atoms with Gasteiger partial charge in [-0.25, -0.2) is 9.97 Å². The Hall–Kier alpha value is -3.54. The molecule has 0 atom stereocenters. The van der Waals surface area contributed by atoms with Gasteiger partial charge in [0.2, 0.25) is 0 Å². The fourth-order valence-corrected chi connectivity index (χ4v) is 2.84. The van der Waals surface area contributed by atoms with Crippen molar-refractivity contribution in [3.63, 3.8) is 0 Å². The van der Waals surface area contributed by atoms with Crippen LogP contribution in [0.25, 0.3) is 22.6 Å². The molecule has 0 aliphatic rings. The first-order chi connectivity index (χ1) is 13.7. The Morgan fingerprint density at radius 1 is 0.643 bits per heavy atom. The van der Waals surface area contributed by atoms with Crippen LogP contribution in [0.15, 0.2) is 69.8 Å². The number of nitrogens with zero attached hydrogens (tertiary/aromatic N) is 2. The number of oxazole rings is 2. The summed E-state index contributed by atoms with van der Waals surface area (Å²) in [6, 6.07) is 15.3. The molecule has 0 N–H and O–H groups in total.